The minimum Gasteiger partial charge on any atom is -0.444 e. The average Bonchev–Trinajstić information content (AvgIpc) is 3.05. The summed E-state index contributed by atoms with van der Waals surface area (Å²) in [6, 6.07) is 0.281. The number of carbonyl (C=O) groups is 1. The maximum Gasteiger partial charge on any atom is 0.410 e. The molecule has 0 aromatic heterocycles. The van der Waals surface area contributed by atoms with Gasteiger partial charge < -0.3 is 9.64 Å². The topological polar surface area (TPSA) is 29.5 Å². The highest BCUT2D eigenvalue weighted by Gasteiger charge is 2.51. The average molecular weight is 668 g/mol. The second kappa shape index (κ2) is 29.0. The van der Waals surface area contributed by atoms with Crippen molar-refractivity contribution in [1.82, 2.24) is 4.90 Å². The highest BCUT2D eigenvalue weighted by Crippen LogP contribution is 2.47. The third kappa shape index (κ3) is 22.8. The highest BCUT2D eigenvalue weighted by atomic mass is 16.6. The van der Waals surface area contributed by atoms with Crippen molar-refractivity contribution in [3.05, 3.63) is 48.6 Å². The lowest BCUT2D eigenvalue weighted by atomic mass is 9.66. The van der Waals surface area contributed by atoms with Crippen LogP contribution in [0.2, 0.25) is 0 Å². The predicted molar refractivity (Wildman–Crippen MR) is 213 cm³/mol. The van der Waals surface area contributed by atoms with Crippen LogP contribution in [0.5, 0.6) is 0 Å². The summed E-state index contributed by atoms with van der Waals surface area (Å²) in [5.74, 6) is 0. The molecule has 1 rings (SSSR count). The lowest BCUT2D eigenvalue weighted by Crippen LogP contribution is -2.65. The summed E-state index contributed by atoms with van der Waals surface area (Å²) < 4.78 is 5.75. The van der Waals surface area contributed by atoms with E-state index in [0.29, 0.717) is 0 Å². The van der Waals surface area contributed by atoms with E-state index in [-0.39, 0.29) is 17.6 Å². The molecule has 0 aromatic carbocycles. The molecular formula is C45H81NO2. The van der Waals surface area contributed by atoms with Crippen LogP contribution in [0.4, 0.5) is 4.79 Å². The number of amides is 1. The number of allylic oxidation sites excluding steroid dienone is 8. The molecular weight excluding hydrogens is 587 g/mol. The van der Waals surface area contributed by atoms with Crippen LogP contribution in [0.15, 0.2) is 48.6 Å². The number of likely N-dealkylation sites (tertiary alicyclic amines) is 1. The molecule has 0 spiro atoms. The Labute approximate surface area is 300 Å². The Bertz CT molecular complexity index is 828. The molecule has 0 bridgehead atoms. The highest BCUT2D eigenvalue weighted by molar-refractivity contribution is 5.70. The third-order valence-corrected chi connectivity index (χ3v) is 10.2. The fourth-order valence-electron chi connectivity index (χ4n) is 7.00. The Kier molecular flexibility index (Phi) is 26.7. The van der Waals surface area contributed by atoms with E-state index >= 15 is 0 Å². The molecule has 1 saturated heterocycles. The lowest BCUT2D eigenvalue weighted by Gasteiger charge is -2.56. The molecule has 1 unspecified atom stereocenters. The van der Waals surface area contributed by atoms with E-state index in [4.69, 9.17) is 4.74 Å². The maximum atomic E-state index is 12.9. The van der Waals surface area contributed by atoms with Crippen molar-refractivity contribution < 1.29 is 9.53 Å². The number of carbonyl (C=O) groups excluding carboxylic acids is 1. The smallest absolute Gasteiger partial charge is 0.410 e. The second-order valence-corrected chi connectivity index (χ2v) is 15.8. The quantitative estimate of drug-likeness (QED) is 0.0563. The molecule has 278 valence electrons. The van der Waals surface area contributed by atoms with E-state index in [1.165, 1.54) is 154 Å². The number of unbranched alkanes of at least 4 members (excludes halogenated alkanes) is 18. The van der Waals surface area contributed by atoms with Crippen molar-refractivity contribution in [2.75, 3.05) is 6.54 Å². The van der Waals surface area contributed by atoms with Crippen LogP contribution in [0.25, 0.3) is 0 Å². The number of hydrogen-bond donors (Lipinski definition) is 0. The molecule has 0 radical (unpaired) electrons. The monoisotopic (exact) mass is 668 g/mol. The van der Waals surface area contributed by atoms with Crippen molar-refractivity contribution >= 4 is 6.09 Å². The van der Waals surface area contributed by atoms with E-state index in [2.05, 4.69) is 69.4 Å². The summed E-state index contributed by atoms with van der Waals surface area (Å²) in [5.41, 5.74) is -0.155. The van der Waals surface area contributed by atoms with Crippen LogP contribution < -0.4 is 0 Å². The van der Waals surface area contributed by atoms with E-state index < -0.39 is 5.60 Å². The first kappa shape index (κ1) is 44.3. The van der Waals surface area contributed by atoms with E-state index in [1.807, 2.05) is 25.7 Å². The van der Waals surface area contributed by atoms with Gasteiger partial charge >= 0.3 is 6.09 Å². The molecule has 1 aliphatic heterocycles. The van der Waals surface area contributed by atoms with Gasteiger partial charge in [0.05, 0.1) is 0 Å². The van der Waals surface area contributed by atoms with Gasteiger partial charge in [-0.2, -0.15) is 0 Å². The second-order valence-electron chi connectivity index (χ2n) is 15.8. The Hall–Kier alpha value is -1.77. The van der Waals surface area contributed by atoms with E-state index in [9.17, 15) is 4.79 Å². The minimum atomic E-state index is -0.434. The van der Waals surface area contributed by atoms with Gasteiger partial charge in [-0.05, 0) is 105 Å². The summed E-state index contributed by atoms with van der Waals surface area (Å²) in [6.07, 6.45) is 52.2. The van der Waals surface area contributed by atoms with Crippen molar-refractivity contribution in [2.24, 2.45) is 5.41 Å². The Morgan fingerprint density at radius 1 is 0.583 bits per heavy atom. The largest absolute Gasteiger partial charge is 0.444 e. The van der Waals surface area contributed by atoms with E-state index in [1.54, 1.807) is 0 Å². The number of nitrogens with zero attached hydrogens (tertiary/aromatic N) is 1. The molecule has 0 aromatic rings. The molecule has 3 nitrogen and oxygen atoms in total. The Balaban J connectivity index is 2.27. The van der Waals surface area contributed by atoms with Crippen LogP contribution in [0.1, 0.15) is 208 Å². The Morgan fingerprint density at radius 2 is 0.938 bits per heavy atom. The van der Waals surface area contributed by atoms with Gasteiger partial charge in [-0.3, -0.25) is 0 Å². The fourth-order valence-corrected chi connectivity index (χ4v) is 7.00. The Morgan fingerprint density at radius 3 is 1.29 bits per heavy atom. The van der Waals surface area contributed by atoms with Crippen LogP contribution in [0, 0.1) is 5.41 Å². The van der Waals surface area contributed by atoms with Gasteiger partial charge in [-0.25, -0.2) is 4.79 Å². The first-order valence-corrected chi connectivity index (χ1v) is 20.9. The minimum absolute atomic E-state index is 0.125. The molecule has 1 amide bonds. The van der Waals surface area contributed by atoms with Gasteiger partial charge in [-0.1, -0.05) is 152 Å². The van der Waals surface area contributed by atoms with Crippen molar-refractivity contribution in [2.45, 2.75) is 220 Å². The van der Waals surface area contributed by atoms with E-state index in [0.717, 1.165) is 19.4 Å². The number of rotatable bonds is 30. The van der Waals surface area contributed by atoms with Gasteiger partial charge in [0.2, 0.25) is 0 Å². The molecule has 1 aliphatic rings. The van der Waals surface area contributed by atoms with Gasteiger partial charge in [0.25, 0.3) is 0 Å². The summed E-state index contributed by atoms with van der Waals surface area (Å²) in [4.78, 5) is 14.9. The number of ether oxygens (including phenoxy) is 1. The third-order valence-electron chi connectivity index (χ3n) is 10.2. The molecule has 0 saturated carbocycles. The fraction of sp³-hybridized carbons (Fsp3) is 0.800. The van der Waals surface area contributed by atoms with Gasteiger partial charge in [-0.15, -0.1) is 0 Å². The lowest BCUT2D eigenvalue weighted by molar-refractivity contribution is -0.0838. The zero-order chi connectivity index (χ0) is 35.2. The molecule has 0 N–H and O–H groups in total. The van der Waals surface area contributed by atoms with Crippen molar-refractivity contribution in [3.63, 3.8) is 0 Å². The summed E-state index contributed by atoms with van der Waals surface area (Å²) in [5, 5.41) is 0. The molecule has 1 atom stereocenters. The van der Waals surface area contributed by atoms with Crippen LogP contribution in [-0.4, -0.2) is 29.2 Å². The van der Waals surface area contributed by atoms with Gasteiger partial charge in [0.15, 0.2) is 0 Å². The number of hydrogen-bond acceptors (Lipinski definition) is 2. The SMILES string of the molecule is CCCCC/C=C\C/C=C\CCCCCCCCC1(CCCCCCCC/C=C\C/C=C\CCCCC)CN(C(=O)OC(C)(C)C)C1C. The first-order chi connectivity index (χ1) is 23.3. The standard InChI is InChI=1S/C45H81NO2/c1-7-9-11-13-15-17-19-21-23-25-27-29-31-33-35-37-39-45(41-46(42(45)3)43(47)48-44(4,5)6)40-38-36-34-32-30-28-26-24-22-20-18-16-14-12-10-8-2/h15-18,21-24,42H,7-14,19-20,25-41H2,1-6H3/b17-15-,18-16-,23-21-,24-22-. The summed E-state index contributed by atoms with van der Waals surface area (Å²) >= 11 is 0. The molecule has 0 aliphatic carbocycles. The summed E-state index contributed by atoms with van der Waals surface area (Å²) in [7, 11) is 0. The van der Waals surface area contributed by atoms with Crippen LogP contribution in [0.3, 0.4) is 0 Å². The van der Waals surface area contributed by atoms with Gasteiger partial charge in [0, 0.05) is 18.0 Å². The predicted octanol–water partition coefficient (Wildman–Crippen LogP) is 15.0. The van der Waals surface area contributed by atoms with Crippen LogP contribution in [-0.2, 0) is 4.74 Å². The molecule has 3 heteroatoms. The van der Waals surface area contributed by atoms with Gasteiger partial charge in [0.1, 0.15) is 5.60 Å². The molecule has 48 heavy (non-hydrogen) atoms. The molecule has 1 fully saturated rings. The first-order valence-electron chi connectivity index (χ1n) is 20.9. The zero-order valence-corrected chi connectivity index (χ0v) is 33.1. The van der Waals surface area contributed by atoms with Crippen molar-refractivity contribution in [3.8, 4) is 0 Å². The maximum absolute atomic E-state index is 12.9. The zero-order valence-electron chi connectivity index (χ0n) is 33.1. The molecule has 1 heterocycles. The van der Waals surface area contributed by atoms with Crippen molar-refractivity contribution in [1.29, 1.82) is 0 Å². The summed E-state index contributed by atoms with van der Waals surface area (Å²) in [6.45, 7) is 13.6. The normalized spacial score (nSPS) is 16.6. The van der Waals surface area contributed by atoms with Crippen LogP contribution >= 0.6 is 0 Å².